The first-order chi connectivity index (χ1) is 8.56. The van der Waals surface area contributed by atoms with E-state index in [1.54, 1.807) is 0 Å². The maximum atomic E-state index is 5.52. The number of nitrogens with zero attached hydrogens (tertiary/aromatic N) is 1. The van der Waals surface area contributed by atoms with E-state index < -0.39 is 0 Å². The van der Waals surface area contributed by atoms with Crippen LogP contribution in [-0.4, -0.2) is 4.98 Å². The van der Waals surface area contributed by atoms with Crippen LogP contribution in [0.5, 0.6) is 0 Å². The third kappa shape index (κ3) is 2.92. The molecule has 2 rings (SSSR count). The molecule has 0 radical (unpaired) electrons. The summed E-state index contributed by atoms with van der Waals surface area (Å²) in [6.07, 6.45) is 0. The molecule has 96 valence electrons. The van der Waals surface area contributed by atoms with Crippen molar-refractivity contribution in [1.82, 2.24) is 4.98 Å². The zero-order valence-corrected chi connectivity index (χ0v) is 11.4. The van der Waals surface area contributed by atoms with E-state index >= 15 is 0 Å². The first kappa shape index (κ1) is 12.7. The van der Waals surface area contributed by atoms with Gasteiger partial charge in [-0.3, -0.25) is 0 Å². The third-order valence-corrected chi connectivity index (χ3v) is 3.09. The fourth-order valence-electron chi connectivity index (χ4n) is 1.78. The molecule has 0 saturated carbocycles. The minimum Gasteiger partial charge on any atom is -0.444 e. The Balaban J connectivity index is 1.97. The molecule has 18 heavy (non-hydrogen) atoms. The maximum absolute atomic E-state index is 5.52. The summed E-state index contributed by atoms with van der Waals surface area (Å²) in [6, 6.07) is 8.49. The number of rotatable bonds is 4. The predicted octanol–water partition coefficient (Wildman–Crippen LogP) is 4.03. The topological polar surface area (TPSA) is 38.1 Å². The molecule has 0 saturated heterocycles. The molecule has 1 aromatic carbocycles. The van der Waals surface area contributed by atoms with E-state index in [1.807, 2.05) is 13.8 Å². The van der Waals surface area contributed by atoms with E-state index in [1.165, 1.54) is 5.56 Å². The van der Waals surface area contributed by atoms with Gasteiger partial charge >= 0.3 is 0 Å². The van der Waals surface area contributed by atoms with Crippen molar-refractivity contribution in [3.05, 3.63) is 47.2 Å². The second-order valence-corrected chi connectivity index (χ2v) is 4.88. The van der Waals surface area contributed by atoms with Gasteiger partial charge in [-0.05, 0) is 37.5 Å². The molecule has 0 spiro atoms. The molecule has 1 aromatic heterocycles. The molecule has 0 atom stereocenters. The Morgan fingerprint density at radius 2 is 1.83 bits per heavy atom. The van der Waals surface area contributed by atoms with E-state index in [0.29, 0.717) is 12.5 Å². The highest BCUT2D eigenvalue weighted by Gasteiger charge is 2.05. The molecule has 0 amide bonds. The number of oxazole rings is 1. The summed E-state index contributed by atoms with van der Waals surface area (Å²) in [4.78, 5) is 4.34. The lowest BCUT2D eigenvalue weighted by atomic mass is 10.0. The van der Waals surface area contributed by atoms with Gasteiger partial charge in [-0.25, -0.2) is 4.98 Å². The summed E-state index contributed by atoms with van der Waals surface area (Å²) in [5.41, 5.74) is 3.40. The van der Waals surface area contributed by atoms with Crippen molar-refractivity contribution in [2.45, 2.75) is 40.2 Å². The van der Waals surface area contributed by atoms with Gasteiger partial charge < -0.3 is 9.73 Å². The van der Waals surface area contributed by atoms with Crippen molar-refractivity contribution in [2.75, 3.05) is 5.32 Å². The van der Waals surface area contributed by atoms with Crippen LogP contribution in [-0.2, 0) is 6.54 Å². The predicted molar refractivity (Wildman–Crippen MR) is 73.8 cm³/mol. The fourth-order valence-corrected chi connectivity index (χ4v) is 1.78. The number of aryl methyl sites for hydroxylation is 2. The average Bonchev–Trinajstić information content (AvgIpc) is 2.67. The highest BCUT2D eigenvalue weighted by atomic mass is 16.4. The van der Waals surface area contributed by atoms with Crippen molar-refractivity contribution in [1.29, 1.82) is 0 Å². The van der Waals surface area contributed by atoms with Crippen LogP contribution in [0.1, 0.15) is 42.7 Å². The van der Waals surface area contributed by atoms with Gasteiger partial charge in [0.2, 0.25) is 5.89 Å². The smallest absolute Gasteiger partial charge is 0.213 e. The molecular formula is C15H20N2O. The number of benzene rings is 1. The van der Waals surface area contributed by atoms with Crippen LogP contribution in [0.2, 0.25) is 0 Å². The first-order valence-corrected chi connectivity index (χ1v) is 6.33. The largest absolute Gasteiger partial charge is 0.444 e. The summed E-state index contributed by atoms with van der Waals surface area (Å²) < 4.78 is 5.52. The van der Waals surface area contributed by atoms with Crippen molar-refractivity contribution in [3.63, 3.8) is 0 Å². The summed E-state index contributed by atoms with van der Waals surface area (Å²) >= 11 is 0. The Kier molecular flexibility index (Phi) is 3.70. The zero-order chi connectivity index (χ0) is 13.1. The van der Waals surface area contributed by atoms with Gasteiger partial charge in [0.25, 0.3) is 0 Å². The normalized spacial score (nSPS) is 10.9. The van der Waals surface area contributed by atoms with E-state index in [4.69, 9.17) is 4.42 Å². The lowest BCUT2D eigenvalue weighted by Gasteiger charge is -2.07. The van der Waals surface area contributed by atoms with Crippen molar-refractivity contribution < 1.29 is 4.42 Å². The van der Waals surface area contributed by atoms with Crippen LogP contribution in [0.25, 0.3) is 0 Å². The average molecular weight is 244 g/mol. The molecule has 0 unspecified atom stereocenters. The van der Waals surface area contributed by atoms with Gasteiger partial charge in [0.05, 0.1) is 12.2 Å². The Morgan fingerprint density at radius 3 is 2.33 bits per heavy atom. The van der Waals surface area contributed by atoms with E-state index in [9.17, 15) is 0 Å². The van der Waals surface area contributed by atoms with Crippen LogP contribution in [0.3, 0.4) is 0 Å². The molecule has 0 fully saturated rings. The number of aromatic nitrogens is 1. The molecule has 2 aromatic rings. The molecule has 0 aliphatic heterocycles. The van der Waals surface area contributed by atoms with E-state index in [-0.39, 0.29) is 0 Å². The molecule has 3 nitrogen and oxygen atoms in total. The van der Waals surface area contributed by atoms with Crippen LogP contribution in [0.4, 0.5) is 5.69 Å². The van der Waals surface area contributed by atoms with Gasteiger partial charge in [-0.15, -0.1) is 0 Å². The van der Waals surface area contributed by atoms with Crippen LogP contribution >= 0.6 is 0 Å². The van der Waals surface area contributed by atoms with E-state index in [2.05, 4.69) is 48.4 Å². The molecule has 0 bridgehead atoms. The highest BCUT2D eigenvalue weighted by Crippen LogP contribution is 2.18. The van der Waals surface area contributed by atoms with Gasteiger partial charge in [-0.1, -0.05) is 26.0 Å². The molecular weight excluding hydrogens is 224 g/mol. The van der Waals surface area contributed by atoms with E-state index in [0.717, 1.165) is 23.0 Å². The fraction of sp³-hybridized carbons (Fsp3) is 0.400. The highest BCUT2D eigenvalue weighted by molar-refractivity contribution is 5.45. The number of nitrogens with one attached hydrogen (secondary N) is 1. The van der Waals surface area contributed by atoms with Gasteiger partial charge in [0.1, 0.15) is 5.76 Å². The minimum absolute atomic E-state index is 0.566. The van der Waals surface area contributed by atoms with Gasteiger partial charge in [0, 0.05) is 5.69 Å². The lowest BCUT2D eigenvalue weighted by Crippen LogP contribution is -2.00. The molecule has 1 N–H and O–H groups in total. The first-order valence-electron chi connectivity index (χ1n) is 6.33. The van der Waals surface area contributed by atoms with Crippen molar-refractivity contribution in [3.8, 4) is 0 Å². The Morgan fingerprint density at radius 1 is 1.17 bits per heavy atom. The van der Waals surface area contributed by atoms with Crippen molar-refractivity contribution >= 4 is 5.69 Å². The van der Waals surface area contributed by atoms with Crippen LogP contribution in [0, 0.1) is 13.8 Å². The Labute approximate surface area is 108 Å². The number of anilines is 1. The quantitative estimate of drug-likeness (QED) is 0.882. The standard InChI is InChI=1S/C15H20N2O/c1-10(2)13-5-7-14(8-6-13)16-9-15-17-11(3)12(4)18-15/h5-8,10,16H,9H2,1-4H3. The second-order valence-electron chi connectivity index (χ2n) is 4.88. The molecule has 0 aliphatic rings. The Bertz CT molecular complexity index is 492. The molecule has 0 aliphatic carbocycles. The van der Waals surface area contributed by atoms with Gasteiger partial charge in [0.15, 0.2) is 0 Å². The van der Waals surface area contributed by atoms with Gasteiger partial charge in [-0.2, -0.15) is 0 Å². The molecule has 3 heteroatoms. The monoisotopic (exact) mass is 244 g/mol. The maximum Gasteiger partial charge on any atom is 0.213 e. The third-order valence-electron chi connectivity index (χ3n) is 3.09. The second kappa shape index (κ2) is 5.25. The summed E-state index contributed by atoms with van der Waals surface area (Å²) in [5.74, 6) is 2.19. The van der Waals surface area contributed by atoms with Crippen LogP contribution in [0.15, 0.2) is 28.7 Å². The van der Waals surface area contributed by atoms with Crippen molar-refractivity contribution in [2.24, 2.45) is 0 Å². The zero-order valence-electron chi connectivity index (χ0n) is 11.4. The summed E-state index contributed by atoms with van der Waals surface area (Å²) in [6.45, 7) is 8.90. The number of hydrogen-bond donors (Lipinski definition) is 1. The lowest BCUT2D eigenvalue weighted by molar-refractivity contribution is 0.478. The van der Waals surface area contributed by atoms with Crippen LogP contribution < -0.4 is 5.32 Å². The summed E-state index contributed by atoms with van der Waals surface area (Å²) in [5, 5.41) is 3.31. The summed E-state index contributed by atoms with van der Waals surface area (Å²) in [7, 11) is 0. The Hall–Kier alpha value is -1.77. The molecule has 1 heterocycles. The SMILES string of the molecule is Cc1nc(CNc2ccc(C(C)C)cc2)oc1C. The minimum atomic E-state index is 0.566. The number of hydrogen-bond acceptors (Lipinski definition) is 3.